The van der Waals surface area contributed by atoms with E-state index >= 15 is 0 Å². The Balaban J connectivity index is 2.36. The summed E-state index contributed by atoms with van der Waals surface area (Å²) in [5.41, 5.74) is 7.51. The molecule has 0 aromatic carbocycles. The van der Waals surface area contributed by atoms with Gasteiger partial charge in [0.05, 0.1) is 0 Å². The molecule has 0 spiro atoms. The summed E-state index contributed by atoms with van der Waals surface area (Å²) in [6.45, 7) is 2.52. The van der Waals surface area contributed by atoms with E-state index in [0.717, 1.165) is 19.4 Å². The van der Waals surface area contributed by atoms with E-state index in [4.69, 9.17) is 11.6 Å². The van der Waals surface area contributed by atoms with Crippen molar-refractivity contribution in [2.24, 2.45) is 11.6 Å². The lowest BCUT2D eigenvalue weighted by atomic mass is 10.2. The van der Waals surface area contributed by atoms with Gasteiger partial charge in [0, 0.05) is 19.0 Å². The first-order valence-electron chi connectivity index (χ1n) is 5.46. The van der Waals surface area contributed by atoms with Gasteiger partial charge in [-0.15, -0.1) is 0 Å². The predicted molar refractivity (Wildman–Crippen MR) is 66.1 cm³/mol. The Labute approximate surface area is 100.0 Å². The second kappa shape index (κ2) is 6.64. The highest BCUT2D eigenvalue weighted by molar-refractivity contribution is 5.73. The van der Waals surface area contributed by atoms with Crippen LogP contribution in [0.4, 0.5) is 11.6 Å². The maximum Gasteiger partial charge on any atom is 0.217 e. The number of hydrazine groups is 1. The number of primary amides is 1. The molecule has 1 aromatic heterocycles. The number of hydrogen-bond donors (Lipinski definition) is 4. The predicted octanol–water partition coefficient (Wildman–Crippen LogP) is 0.138. The molecule has 1 amide bonds. The average molecular weight is 238 g/mol. The summed E-state index contributed by atoms with van der Waals surface area (Å²) >= 11 is 0. The van der Waals surface area contributed by atoms with Gasteiger partial charge in [-0.25, -0.2) is 15.8 Å². The van der Waals surface area contributed by atoms with Crippen molar-refractivity contribution in [1.29, 1.82) is 0 Å². The van der Waals surface area contributed by atoms with Crippen LogP contribution in [0.5, 0.6) is 0 Å². The van der Waals surface area contributed by atoms with Crippen LogP contribution in [0.15, 0.2) is 6.07 Å². The number of aromatic nitrogens is 2. The van der Waals surface area contributed by atoms with Crippen molar-refractivity contribution in [3.05, 3.63) is 11.9 Å². The third-order valence-electron chi connectivity index (χ3n) is 2.14. The molecule has 0 fully saturated rings. The molecule has 0 bridgehead atoms. The van der Waals surface area contributed by atoms with Gasteiger partial charge in [0.2, 0.25) is 5.91 Å². The molecule has 0 aliphatic heterocycles. The molecule has 94 valence electrons. The Bertz CT molecular complexity index is 381. The summed E-state index contributed by atoms with van der Waals surface area (Å²) in [5, 5.41) is 3.14. The summed E-state index contributed by atoms with van der Waals surface area (Å²) in [7, 11) is 0. The fourth-order valence-electron chi connectivity index (χ4n) is 1.37. The third kappa shape index (κ3) is 5.12. The van der Waals surface area contributed by atoms with E-state index in [1.807, 2.05) is 0 Å². The normalized spacial score (nSPS) is 10.0. The first kappa shape index (κ1) is 13.2. The molecule has 0 atom stereocenters. The van der Waals surface area contributed by atoms with Crippen LogP contribution in [0.25, 0.3) is 0 Å². The van der Waals surface area contributed by atoms with E-state index in [9.17, 15) is 4.79 Å². The number of nitrogens with two attached hydrogens (primary N) is 2. The number of hydrogen-bond acceptors (Lipinski definition) is 6. The number of nitrogen functional groups attached to an aromatic ring is 1. The van der Waals surface area contributed by atoms with E-state index in [2.05, 4.69) is 20.7 Å². The van der Waals surface area contributed by atoms with Crippen LogP contribution in [0.1, 0.15) is 25.1 Å². The molecule has 17 heavy (non-hydrogen) atoms. The number of anilines is 2. The molecule has 7 nitrogen and oxygen atoms in total. The summed E-state index contributed by atoms with van der Waals surface area (Å²) in [6, 6.07) is 1.72. The molecule has 0 saturated carbocycles. The Hall–Kier alpha value is -1.89. The number of nitrogens with one attached hydrogen (secondary N) is 2. The van der Waals surface area contributed by atoms with Gasteiger partial charge in [0.1, 0.15) is 17.5 Å². The number of aryl methyl sites for hydroxylation is 1. The number of unbranched alkanes of at least 4 members (excludes halogenated alkanes) is 1. The van der Waals surface area contributed by atoms with Crippen molar-refractivity contribution in [3.8, 4) is 0 Å². The monoisotopic (exact) mass is 238 g/mol. The Morgan fingerprint density at radius 2 is 2.06 bits per heavy atom. The zero-order valence-corrected chi connectivity index (χ0v) is 9.86. The molecular weight excluding hydrogens is 220 g/mol. The molecule has 7 heteroatoms. The zero-order valence-electron chi connectivity index (χ0n) is 9.86. The SMILES string of the molecule is Cc1nc(NN)cc(NCCCCC(N)=O)n1. The summed E-state index contributed by atoms with van der Waals surface area (Å²) < 4.78 is 0. The van der Waals surface area contributed by atoms with Crippen molar-refractivity contribution in [2.45, 2.75) is 26.2 Å². The fourth-order valence-corrected chi connectivity index (χ4v) is 1.37. The smallest absolute Gasteiger partial charge is 0.217 e. The van der Waals surface area contributed by atoms with Crippen molar-refractivity contribution >= 4 is 17.5 Å². The summed E-state index contributed by atoms with van der Waals surface area (Å²) in [4.78, 5) is 18.8. The minimum atomic E-state index is -0.266. The van der Waals surface area contributed by atoms with Crippen LogP contribution in [-0.2, 0) is 4.79 Å². The first-order chi connectivity index (χ1) is 8.11. The van der Waals surface area contributed by atoms with Gasteiger partial charge in [0.25, 0.3) is 0 Å². The van der Waals surface area contributed by atoms with Crippen molar-refractivity contribution < 1.29 is 4.79 Å². The largest absolute Gasteiger partial charge is 0.370 e. The number of carbonyl (C=O) groups is 1. The lowest BCUT2D eigenvalue weighted by Gasteiger charge is -2.07. The first-order valence-corrected chi connectivity index (χ1v) is 5.46. The standard InChI is InChI=1S/C10H18N6O/c1-7-14-9(6-10(15-7)16-12)13-5-3-2-4-8(11)17/h6H,2-5,12H2,1H3,(H2,11,17)(H2,13,14,15,16). The Kier molecular flexibility index (Phi) is 5.15. The third-order valence-corrected chi connectivity index (χ3v) is 2.14. The maximum atomic E-state index is 10.5. The lowest BCUT2D eigenvalue weighted by molar-refractivity contribution is -0.118. The van der Waals surface area contributed by atoms with Gasteiger partial charge in [0.15, 0.2) is 0 Å². The van der Waals surface area contributed by atoms with Gasteiger partial charge in [-0.05, 0) is 19.8 Å². The molecule has 0 aliphatic carbocycles. The molecule has 0 radical (unpaired) electrons. The van der Waals surface area contributed by atoms with Crippen LogP contribution in [0, 0.1) is 6.92 Å². The second-order valence-corrected chi connectivity index (χ2v) is 3.68. The quantitative estimate of drug-likeness (QED) is 0.305. The Morgan fingerprint density at radius 1 is 1.35 bits per heavy atom. The van der Waals surface area contributed by atoms with Gasteiger partial charge >= 0.3 is 0 Å². The van der Waals surface area contributed by atoms with E-state index in [-0.39, 0.29) is 5.91 Å². The topological polar surface area (TPSA) is 119 Å². The summed E-state index contributed by atoms with van der Waals surface area (Å²) in [6.07, 6.45) is 2.05. The molecule has 1 aromatic rings. The molecule has 0 aliphatic rings. The minimum Gasteiger partial charge on any atom is -0.370 e. The average Bonchev–Trinajstić information content (AvgIpc) is 2.27. The Morgan fingerprint density at radius 3 is 2.71 bits per heavy atom. The number of rotatable bonds is 7. The van der Waals surface area contributed by atoms with Gasteiger partial charge < -0.3 is 16.5 Å². The maximum absolute atomic E-state index is 10.5. The highest BCUT2D eigenvalue weighted by Crippen LogP contribution is 2.09. The minimum absolute atomic E-state index is 0.266. The van der Waals surface area contributed by atoms with E-state index in [1.165, 1.54) is 0 Å². The van der Waals surface area contributed by atoms with E-state index < -0.39 is 0 Å². The zero-order chi connectivity index (χ0) is 12.7. The van der Waals surface area contributed by atoms with E-state index in [1.54, 1.807) is 13.0 Å². The highest BCUT2D eigenvalue weighted by atomic mass is 16.1. The fraction of sp³-hybridized carbons (Fsp3) is 0.500. The van der Waals surface area contributed by atoms with Crippen LogP contribution in [-0.4, -0.2) is 22.4 Å². The van der Waals surface area contributed by atoms with Crippen molar-refractivity contribution in [2.75, 3.05) is 17.3 Å². The number of amides is 1. The molecular formula is C10H18N6O. The van der Waals surface area contributed by atoms with Crippen LogP contribution in [0.2, 0.25) is 0 Å². The van der Waals surface area contributed by atoms with Gasteiger partial charge in [-0.2, -0.15) is 0 Å². The number of nitrogens with zero attached hydrogens (tertiary/aromatic N) is 2. The van der Waals surface area contributed by atoms with Gasteiger partial charge in [-0.3, -0.25) is 4.79 Å². The van der Waals surface area contributed by atoms with Crippen LogP contribution in [0.3, 0.4) is 0 Å². The molecule has 6 N–H and O–H groups in total. The molecule has 0 unspecified atom stereocenters. The van der Waals surface area contributed by atoms with Crippen LogP contribution < -0.4 is 22.3 Å². The molecule has 1 rings (SSSR count). The van der Waals surface area contributed by atoms with Crippen molar-refractivity contribution in [3.63, 3.8) is 0 Å². The summed E-state index contributed by atoms with van der Waals surface area (Å²) in [5.74, 6) is 6.93. The van der Waals surface area contributed by atoms with Crippen LogP contribution >= 0.6 is 0 Å². The van der Waals surface area contributed by atoms with Gasteiger partial charge in [-0.1, -0.05) is 0 Å². The molecule has 1 heterocycles. The number of carbonyl (C=O) groups excluding carboxylic acids is 1. The van der Waals surface area contributed by atoms with Crippen molar-refractivity contribution in [1.82, 2.24) is 9.97 Å². The molecule has 0 saturated heterocycles. The van der Waals surface area contributed by atoms with E-state index in [0.29, 0.717) is 23.9 Å². The lowest BCUT2D eigenvalue weighted by Crippen LogP contribution is -2.13. The highest BCUT2D eigenvalue weighted by Gasteiger charge is 2.00. The second-order valence-electron chi connectivity index (χ2n) is 3.68.